The van der Waals surface area contributed by atoms with Gasteiger partial charge >= 0.3 is 0 Å². The van der Waals surface area contributed by atoms with Crippen molar-refractivity contribution in [2.24, 2.45) is 5.92 Å². The van der Waals surface area contributed by atoms with Crippen molar-refractivity contribution in [1.29, 1.82) is 0 Å². The van der Waals surface area contributed by atoms with E-state index >= 15 is 0 Å². The molecule has 2 atom stereocenters. The first-order chi connectivity index (χ1) is 9.46. The molecule has 5 heteroatoms. The highest BCUT2D eigenvalue weighted by Crippen LogP contribution is 2.30. The van der Waals surface area contributed by atoms with Crippen molar-refractivity contribution in [1.82, 2.24) is 4.31 Å². The number of rotatable bonds is 4. The van der Waals surface area contributed by atoms with Crippen molar-refractivity contribution in [3.05, 3.63) is 29.8 Å². The van der Waals surface area contributed by atoms with Crippen LogP contribution in [0, 0.1) is 5.92 Å². The van der Waals surface area contributed by atoms with Crippen LogP contribution < -0.4 is 0 Å². The van der Waals surface area contributed by atoms with Gasteiger partial charge in [-0.25, -0.2) is 8.42 Å². The second-order valence-electron chi connectivity index (χ2n) is 5.69. The number of benzene rings is 1. The molecular weight excluding hydrogens is 294 g/mol. The average molecular weight is 316 g/mol. The molecule has 20 heavy (non-hydrogen) atoms. The van der Waals surface area contributed by atoms with Crippen molar-refractivity contribution in [3.8, 4) is 0 Å². The fourth-order valence-corrected chi connectivity index (χ4v) is 4.88. The Morgan fingerprint density at radius 2 is 2.00 bits per heavy atom. The van der Waals surface area contributed by atoms with Gasteiger partial charge in [0, 0.05) is 19.0 Å². The van der Waals surface area contributed by atoms with Crippen molar-refractivity contribution in [2.45, 2.75) is 49.4 Å². The minimum absolute atomic E-state index is 0.104. The van der Waals surface area contributed by atoms with Gasteiger partial charge in [-0.2, -0.15) is 4.31 Å². The van der Waals surface area contributed by atoms with Gasteiger partial charge in [0.15, 0.2) is 0 Å². The number of alkyl halides is 1. The van der Waals surface area contributed by atoms with Crippen LogP contribution in [0.15, 0.2) is 29.2 Å². The normalized spacial score (nSPS) is 24.0. The molecule has 0 saturated heterocycles. The Labute approximate surface area is 127 Å². The summed E-state index contributed by atoms with van der Waals surface area (Å²) >= 11 is 5.87. The maximum Gasteiger partial charge on any atom is 0.243 e. The molecule has 0 bridgehead atoms. The van der Waals surface area contributed by atoms with Crippen LogP contribution in [0.4, 0.5) is 0 Å². The summed E-state index contributed by atoms with van der Waals surface area (Å²) in [4.78, 5) is 0.343. The lowest BCUT2D eigenvalue weighted by Crippen LogP contribution is -2.40. The molecule has 0 radical (unpaired) electrons. The highest BCUT2D eigenvalue weighted by Gasteiger charge is 2.31. The minimum atomic E-state index is -3.46. The summed E-state index contributed by atoms with van der Waals surface area (Å²) in [5.41, 5.74) is 0.671. The Balaban J connectivity index is 2.29. The van der Waals surface area contributed by atoms with Crippen molar-refractivity contribution < 1.29 is 8.42 Å². The van der Waals surface area contributed by atoms with Gasteiger partial charge in [0.2, 0.25) is 10.0 Å². The molecule has 112 valence electrons. The van der Waals surface area contributed by atoms with E-state index in [2.05, 4.69) is 6.92 Å². The van der Waals surface area contributed by atoms with Crippen LogP contribution in [0.1, 0.15) is 38.2 Å². The fraction of sp³-hybridized carbons (Fsp3) is 0.600. The standard InChI is InChI=1S/C15H22ClNO2S/c1-12-6-5-8-14(10-12)17(2)20(18,19)15-9-4-3-7-13(15)11-16/h3-4,7,9,12,14H,5-6,8,10-11H2,1-2H3. The van der Waals surface area contributed by atoms with Crippen LogP contribution in [0.3, 0.4) is 0 Å². The van der Waals surface area contributed by atoms with E-state index in [4.69, 9.17) is 11.6 Å². The molecule has 0 aliphatic heterocycles. The number of hydrogen-bond acceptors (Lipinski definition) is 2. The van der Waals surface area contributed by atoms with Gasteiger partial charge in [-0.15, -0.1) is 11.6 Å². The van der Waals surface area contributed by atoms with E-state index in [1.807, 2.05) is 6.07 Å². The molecule has 1 fully saturated rings. The summed E-state index contributed by atoms with van der Waals surface area (Å²) in [5, 5.41) is 0. The summed E-state index contributed by atoms with van der Waals surface area (Å²) in [6.45, 7) is 2.19. The smallest absolute Gasteiger partial charge is 0.207 e. The Hall–Kier alpha value is -0.580. The van der Waals surface area contributed by atoms with E-state index in [1.165, 1.54) is 6.42 Å². The van der Waals surface area contributed by atoms with E-state index in [9.17, 15) is 8.42 Å². The number of nitrogens with zero attached hydrogens (tertiary/aromatic N) is 1. The largest absolute Gasteiger partial charge is 0.243 e. The predicted molar refractivity (Wildman–Crippen MR) is 82.4 cm³/mol. The van der Waals surface area contributed by atoms with Gasteiger partial charge in [-0.05, 0) is 30.4 Å². The fourth-order valence-electron chi connectivity index (χ4n) is 2.95. The lowest BCUT2D eigenvalue weighted by Gasteiger charge is -2.33. The number of sulfonamides is 1. The molecule has 0 heterocycles. The van der Waals surface area contributed by atoms with Gasteiger partial charge in [0.05, 0.1) is 4.90 Å². The molecule has 1 aromatic rings. The number of hydrogen-bond donors (Lipinski definition) is 0. The first-order valence-electron chi connectivity index (χ1n) is 7.08. The topological polar surface area (TPSA) is 37.4 Å². The maximum absolute atomic E-state index is 12.8. The third-order valence-electron chi connectivity index (χ3n) is 4.20. The third kappa shape index (κ3) is 3.18. The maximum atomic E-state index is 12.8. The summed E-state index contributed by atoms with van der Waals surface area (Å²) in [6.07, 6.45) is 4.19. The Morgan fingerprint density at radius 3 is 2.65 bits per heavy atom. The summed E-state index contributed by atoms with van der Waals surface area (Å²) in [6, 6.07) is 7.10. The quantitative estimate of drug-likeness (QED) is 0.796. The van der Waals surface area contributed by atoms with Crippen LogP contribution in [-0.2, 0) is 15.9 Å². The molecule has 1 aromatic carbocycles. The zero-order valence-electron chi connectivity index (χ0n) is 12.0. The van der Waals surface area contributed by atoms with E-state index in [0.717, 1.165) is 19.3 Å². The highest BCUT2D eigenvalue weighted by atomic mass is 35.5. The zero-order valence-corrected chi connectivity index (χ0v) is 13.6. The zero-order chi connectivity index (χ0) is 14.8. The molecule has 0 aromatic heterocycles. The molecule has 2 rings (SSSR count). The summed E-state index contributed by atoms with van der Waals surface area (Å²) in [5.74, 6) is 0.805. The molecule has 0 N–H and O–H groups in total. The van der Waals surface area contributed by atoms with Gasteiger partial charge < -0.3 is 0 Å². The van der Waals surface area contributed by atoms with Gasteiger partial charge in [0.25, 0.3) is 0 Å². The average Bonchev–Trinajstić information content (AvgIpc) is 2.46. The molecular formula is C15H22ClNO2S. The lowest BCUT2D eigenvalue weighted by atomic mass is 9.87. The van der Waals surface area contributed by atoms with Crippen LogP contribution in [0.5, 0.6) is 0 Å². The molecule has 1 saturated carbocycles. The molecule has 0 amide bonds. The van der Waals surface area contributed by atoms with E-state index in [-0.39, 0.29) is 11.9 Å². The van der Waals surface area contributed by atoms with Crippen LogP contribution >= 0.6 is 11.6 Å². The van der Waals surface area contributed by atoms with E-state index in [0.29, 0.717) is 16.4 Å². The second-order valence-corrected chi connectivity index (χ2v) is 7.92. The summed E-state index contributed by atoms with van der Waals surface area (Å²) in [7, 11) is -1.76. The molecule has 1 aliphatic carbocycles. The van der Waals surface area contributed by atoms with Gasteiger partial charge in [0.1, 0.15) is 0 Å². The predicted octanol–water partition coefficient (Wildman–Crippen LogP) is 3.62. The molecule has 2 unspecified atom stereocenters. The van der Waals surface area contributed by atoms with Crippen LogP contribution in [0.25, 0.3) is 0 Å². The van der Waals surface area contributed by atoms with Crippen molar-refractivity contribution >= 4 is 21.6 Å². The van der Waals surface area contributed by atoms with E-state index in [1.54, 1.807) is 29.6 Å². The van der Waals surface area contributed by atoms with Crippen molar-refractivity contribution in [3.63, 3.8) is 0 Å². The molecule has 0 spiro atoms. The second kappa shape index (κ2) is 6.46. The number of halogens is 1. The monoisotopic (exact) mass is 315 g/mol. The van der Waals surface area contributed by atoms with Gasteiger partial charge in [-0.3, -0.25) is 0 Å². The Kier molecular flexibility index (Phi) is 5.10. The third-order valence-corrected chi connectivity index (χ3v) is 6.49. The van der Waals surface area contributed by atoms with E-state index < -0.39 is 10.0 Å². The minimum Gasteiger partial charge on any atom is -0.207 e. The van der Waals surface area contributed by atoms with Crippen LogP contribution in [0.2, 0.25) is 0 Å². The summed E-state index contributed by atoms with van der Waals surface area (Å²) < 4.78 is 27.1. The first kappa shape index (κ1) is 15.8. The first-order valence-corrected chi connectivity index (χ1v) is 9.06. The van der Waals surface area contributed by atoms with Crippen molar-refractivity contribution in [2.75, 3.05) is 7.05 Å². The molecule has 3 nitrogen and oxygen atoms in total. The molecule has 1 aliphatic rings. The Morgan fingerprint density at radius 1 is 1.30 bits per heavy atom. The Bertz CT molecular complexity index is 559. The SMILES string of the molecule is CC1CCCC(N(C)S(=O)(=O)c2ccccc2CCl)C1. The van der Waals surface area contributed by atoms with Gasteiger partial charge in [-0.1, -0.05) is 38.0 Å². The highest BCUT2D eigenvalue weighted by molar-refractivity contribution is 7.89. The lowest BCUT2D eigenvalue weighted by molar-refractivity contribution is 0.239. The van der Waals surface area contributed by atoms with Crippen LogP contribution in [-0.4, -0.2) is 25.8 Å².